The van der Waals surface area contributed by atoms with E-state index in [0.717, 1.165) is 0 Å². The number of amides is 4. The molecular weight excluding hydrogens is 390 g/mol. The summed E-state index contributed by atoms with van der Waals surface area (Å²) in [6.07, 6.45) is 0.189. The van der Waals surface area contributed by atoms with Crippen LogP contribution in [-0.4, -0.2) is 41.8 Å². The van der Waals surface area contributed by atoms with Crippen LogP contribution in [0.2, 0.25) is 0 Å². The summed E-state index contributed by atoms with van der Waals surface area (Å²) in [6.45, 7) is 2.47. The summed E-state index contributed by atoms with van der Waals surface area (Å²) in [5.41, 5.74) is 0.421. The predicted octanol–water partition coefficient (Wildman–Crippen LogP) is 1.76. The molecule has 3 rings (SSSR count). The van der Waals surface area contributed by atoms with Crippen molar-refractivity contribution in [3.8, 4) is 0 Å². The van der Waals surface area contributed by atoms with Crippen LogP contribution in [0, 0.1) is 5.92 Å². The molecule has 2 N–H and O–H groups in total. The van der Waals surface area contributed by atoms with Crippen LogP contribution in [0.3, 0.4) is 0 Å². The van der Waals surface area contributed by atoms with E-state index in [9.17, 15) is 19.2 Å². The monoisotopic (exact) mass is 413 g/mol. The fourth-order valence-corrected chi connectivity index (χ4v) is 3.17. The maximum Gasteiger partial charge on any atom is 0.321 e. The first-order valence-corrected chi connectivity index (χ1v) is 9.62. The Morgan fingerprint density at radius 2 is 1.97 bits per heavy atom. The third-order valence-corrected chi connectivity index (χ3v) is 4.62. The van der Waals surface area contributed by atoms with Gasteiger partial charge in [-0.2, -0.15) is 0 Å². The lowest BCUT2D eigenvalue weighted by Gasteiger charge is -2.20. The van der Waals surface area contributed by atoms with Gasteiger partial charge in [-0.1, -0.05) is 30.3 Å². The van der Waals surface area contributed by atoms with Crippen molar-refractivity contribution in [2.45, 2.75) is 26.0 Å². The molecule has 0 radical (unpaired) electrons. The lowest BCUT2D eigenvalue weighted by atomic mass is 10.1. The SMILES string of the molecule is CCNC(=O)NC(=O)[C@H](OC(=O)[C@@H]1CC(=O)N(Cc2ccco2)C1)c1ccccc1. The van der Waals surface area contributed by atoms with Crippen molar-refractivity contribution < 1.29 is 28.3 Å². The number of nitrogens with zero attached hydrogens (tertiary/aromatic N) is 1. The number of rotatable bonds is 7. The fraction of sp³-hybridized carbons (Fsp3) is 0.333. The summed E-state index contributed by atoms with van der Waals surface area (Å²) >= 11 is 0. The Labute approximate surface area is 173 Å². The van der Waals surface area contributed by atoms with Gasteiger partial charge in [-0.3, -0.25) is 19.7 Å². The zero-order chi connectivity index (χ0) is 21.5. The van der Waals surface area contributed by atoms with Gasteiger partial charge in [-0.25, -0.2) is 4.79 Å². The average molecular weight is 413 g/mol. The number of likely N-dealkylation sites (tertiary alicyclic amines) is 1. The second kappa shape index (κ2) is 9.73. The van der Waals surface area contributed by atoms with Crippen LogP contribution < -0.4 is 10.6 Å². The van der Waals surface area contributed by atoms with E-state index in [2.05, 4.69) is 10.6 Å². The molecule has 0 unspecified atom stereocenters. The third-order valence-electron chi connectivity index (χ3n) is 4.62. The molecule has 1 saturated heterocycles. The largest absolute Gasteiger partial charge is 0.467 e. The van der Waals surface area contributed by atoms with Gasteiger partial charge in [0.05, 0.1) is 18.7 Å². The first-order chi connectivity index (χ1) is 14.5. The molecule has 9 heteroatoms. The molecule has 0 saturated carbocycles. The van der Waals surface area contributed by atoms with Gasteiger partial charge in [0.1, 0.15) is 5.76 Å². The Morgan fingerprint density at radius 3 is 2.63 bits per heavy atom. The number of imide groups is 1. The summed E-state index contributed by atoms with van der Waals surface area (Å²) in [5.74, 6) is -1.74. The Bertz CT molecular complexity index is 897. The van der Waals surface area contributed by atoms with Gasteiger partial charge in [0.2, 0.25) is 12.0 Å². The van der Waals surface area contributed by atoms with Crippen molar-refractivity contribution in [1.29, 1.82) is 0 Å². The Morgan fingerprint density at radius 1 is 1.20 bits per heavy atom. The molecule has 1 aromatic carbocycles. The molecule has 2 aromatic rings. The van der Waals surface area contributed by atoms with E-state index in [1.165, 1.54) is 11.2 Å². The number of ether oxygens (including phenoxy) is 1. The predicted molar refractivity (Wildman–Crippen MR) is 105 cm³/mol. The first kappa shape index (κ1) is 21.1. The molecule has 4 amide bonds. The van der Waals surface area contributed by atoms with Gasteiger partial charge in [-0.15, -0.1) is 0 Å². The Hall–Kier alpha value is -3.62. The molecule has 158 valence electrons. The summed E-state index contributed by atoms with van der Waals surface area (Å²) in [5, 5.41) is 4.62. The number of hydrogen-bond acceptors (Lipinski definition) is 6. The molecule has 1 fully saturated rings. The van der Waals surface area contributed by atoms with E-state index in [-0.39, 0.29) is 25.4 Å². The van der Waals surface area contributed by atoms with Crippen molar-refractivity contribution in [1.82, 2.24) is 15.5 Å². The van der Waals surface area contributed by atoms with Gasteiger partial charge >= 0.3 is 12.0 Å². The average Bonchev–Trinajstić information content (AvgIpc) is 3.37. The van der Waals surface area contributed by atoms with Crippen molar-refractivity contribution >= 4 is 23.8 Å². The molecule has 1 aromatic heterocycles. The van der Waals surface area contributed by atoms with Crippen molar-refractivity contribution in [3.05, 3.63) is 60.1 Å². The highest BCUT2D eigenvalue weighted by Gasteiger charge is 2.38. The van der Waals surface area contributed by atoms with Gasteiger partial charge < -0.3 is 19.4 Å². The second-order valence-electron chi connectivity index (χ2n) is 6.83. The number of hydrogen-bond donors (Lipinski definition) is 2. The summed E-state index contributed by atoms with van der Waals surface area (Å²) in [4.78, 5) is 50.8. The molecule has 30 heavy (non-hydrogen) atoms. The number of urea groups is 1. The van der Waals surface area contributed by atoms with Gasteiger partial charge in [-0.05, 0) is 19.1 Å². The molecule has 1 aliphatic rings. The van der Waals surface area contributed by atoms with Gasteiger partial charge in [0, 0.05) is 25.1 Å². The topological polar surface area (TPSA) is 118 Å². The van der Waals surface area contributed by atoms with Crippen LogP contribution in [0.25, 0.3) is 0 Å². The number of benzene rings is 1. The van der Waals surface area contributed by atoms with E-state index in [1.54, 1.807) is 49.4 Å². The van der Waals surface area contributed by atoms with E-state index in [4.69, 9.17) is 9.15 Å². The number of esters is 1. The third kappa shape index (κ3) is 5.25. The molecule has 0 spiro atoms. The highest BCUT2D eigenvalue weighted by atomic mass is 16.5. The maximum atomic E-state index is 12.7. The van der Waals surface area contributed by atoms with Crippen molar-refractivity contribution in [3.63, 3.8) is 0 Å². The minimum Gasteiger partial charge on any atom is -0.467 e. The summed E-state index contributed by atoms with van der Waals surface area (Å²) < 4.78 is 10.7. The quantitative estimate of drug-likeness (QED) is 0.668. The highest BCUT2D eigenvalue weighted by molar-refractivity contribution is 5.98. The van der Waals surface area contributed by atoms with Crippen LogP contribution >= 0.6 is 0 Å². The van der Waals surface area contributed by atoms with Crippen LogP contribution in [0.4, 0.5) is 4.79 Å². The fourth-order valence-electron chi connectivity index (χ4n) is 3.17. The lowest BCUT2D eigenvalue weighted by molar-refractivity contribution is -0.159. The van der Waals surface area contributed by atoms with E-state index < -0.39 is 29.9 Å². The number of carbonyl (C=O) groups excluding carboxylic acids is 4. The van der Waals surface area contributed by atoms with Crippen LogP contribution in [0.5, 0.6) is 0 Å². The maximum absolute atomic E-state index is 12.7. The summed E-state index contributed by atoms with van der Waals surface area (Å²) in [6, 6.07) is 11.2. The lowest BCUT2D eigenvalue weighted by Crippen LogP contribution is -2.43. The zero-order valence-electron chi connectivity index (χ0n) is 16.5. The van der Waals surface area contributed by atoms with Crippen molar-refractivity contribution in [2.24, 2.45) is 5.92 Å². The van der Waals surface area contributed by atoms with Gasteiger partial charge in [0.25, 0.3) is 5.91 Å². The molecule has 2 atom stereocenters. The Kier molecular flexibility index (Phi) is 6.84. The number of nitrogens with one attached hydrogen (secondary N) is 2. The van der Waals surface area contributed by atoms with Gasteiger partial charge in [0.15, 0.2) is 0 Å². The summed E-state index contributed by atoms with van der Waals surface area (Å²) in [7, 11) is 0. The normalized spacial score (nSPS) is 16.8. The first-order valence-electron chi connectivity index (χ1n) is 9.62. The second-order valence-corrected chi connectivity index (χ2v) is 6.83. The molecule has 1 aliphatic heterocycles. The Balaban J connectivity index is 1.68. The standard InChI is InChI=1S/C21H23N3O6/c1-2-22-21(28)23-19(26)18(14-7-4-3-5-8-14)30-20(27)15-11-17(25)24(12-15)13-16-9-6-10-29-16/h3-10,15,18H,2,11-13H2,1H3,(H2,22,23,26,28)/t15-,18-/m1/s1. The van der Waals surface area contributed by atoms with Crippen LogP contribution in [0.1, 0.15) is 30.8 Å². The minimum absolute atomic E-state index is 0.0149. The smallest absolute Gasteiger partial charge is 0.321 e. The van der Waals surface area contributed by atoms with Crippen LogP contribution in [0.15, 0.2) is 53.1 Å². The molecule has 2 heterocycles. The zero-order valence-corrected chi connectivity index (χ0v) is 16.5. The molecule has 0 aliphatic carbocycles. The molecule has 0 bridgehead atoms. The van der Waals surface area contributed by atoms with E-state index >= 15 is 0 Å². The minimum atomic E-state index is -1.31. The molecule has 9 nitrogen and oxygen atoms in total. The van der Waals surface area contributed by atoms with Crippen LogP contribution in [-0.2, 0) is 25.7 Å². The van der Waals surface area contributed by atoms with E-state index in [1.807, 2.05) is 0 Å². The highest BCUT2D eigenvalue weighted by Crippen LogP contribution is 2.25. The van der Waals surface area contributed by atoms with E-state index in [0.29, 0.717) is 17.9 Å². The number of furan rings is 1. The molecular formula is C21H23N3O6. The number of carbonyl (C=O) groups is 4. The van der Waals surface area contributed by atoms with Crippen molar-refractivity contribution in [2.75, 3.05) is 13.1 Å².